The lowest BCUT2D eigenvalue weighted by Gasteiger charge is -2.16. The Labute approximate surface area is 120 Å². The number of hydrogen-bond donors (Lipinski definition) is 0. The second-order valence-corrected chi connectivity index (χ2v) is 5.73. The first kappa shape index (κ1) is 14.6. The highest BCUT2D eigenvalue weighted by Gasteiger charge is 2.13. The predicted octanol–water partition coefficient (Wildman–Crippen LogP) is 3.06. The maximum Gasteiger partial charge on any atom is 0.219 e. The van der Waals surface area contributed by atoms with Gasteiger partial charge in [-0.3, -0.25) is 4.79 Å². The highest BCUT2D eigenvalue weighted by molar-refractivity contribution is 5.76. The third-order valence-corrected chi connectivity index (χ3v) is 3.58. The van der Waals surface area contributed by atoms with Crippen molar-refractivity contribution in [3.05, 3.63) is 30.1 Å². The molecule has 1 aromatic carbocycles. The van der Waals surface area contributed by atoms with Gasteiger partial charge in [0, 0.05) is 20.5 Å². The first-order valence-corrected chi connectivity index (χ1v) is 7.15. The summed E-state index contributed by atoms with van der Waals surface area (Å²) in [6.45, 7) is 7.53. The zero-order valence-corrected chi connectivity index (χ0v) is 12.8. The second kappa shape index (κ2) is 6.07. The van der Waals surface area contributed by atoms with Gasteiger partial charge in [-0.25, -0.2) is 4.98 Å². The van der Waals surface area contributed by atoms with Crippen LogP contribution in [0.1, 0.15) is 33.0 Å². The number of hydrogen-bond acceptors (Lipinski definition) is 2. The summed E-state index contributed by atoms with van der Waals surface area (Å²) >= 11 is 0. The summed E-state index contributed by atoms with van der Waals surface area (Å²) in [7, 11) is 1.81. The first-order chi connectivity index (χ1) is 9.49. The van der Waals surface area contributed by atoms with Crippen LogP contribution >= 0.6 is 0 Å². The molecule has 0 aliphatic carbocycles. The fraction of sp³-hybridized carbons (Fsp3) is 0.500. The van der Waals surface area contributed by atoms with Crippen molar-refractivity contribution in [3.8, 4) is 0 Å². The van der Waals surface area contributed by atoms with Gasteiger partial charge in [-0.2, -0.15) is 0 Å². The summed E-state index contributed by atoms with van der Waals surface area (Å²) in [4.78, 5) is 17.8. The van der Waals surface area contributed by atoms with Crippen LogP contribution in [0.3, 0.4) is 0 Å². The normalized spacial score (nSPS) is 11.2. The quantitative estimate of drug-likeness (QED) is 0.839. The molecule has 20 heavy (non-hydrogen) atoms. The predicted molar refractivity (Wildman–Crippen MR) is 81.3 cm³/mol. The van der Waals surface area contributed by atoms with Gasteiger partial charge < -0.3 is 9.47 Å². The Kier molecular flexibility index (Phi) is 4.42. The first-order valence-electron chi connectivity index (χ1n) is 7.15. The van der Waals surface area contributed by atoms with E-state index in [9.17, 15) is 4.79 Å². The second-order valence-electron chi connectivity index (χ2n) is 5.73. The Balaban J connectivity index is 2.35. The van der Waals surface area contributed by atoms with Crippen molar-refractivity contribution in [3.63, 3.8) is 0 Å². The molecule has 0 aliphatic rings. The molecule has 0 fully saturated rings. The van der Waals surface area contributed by atoms with Crippen LogP contribution in [-0.4, -0.2) is 27.4 Å². The van der Waals surface area contributed by atoms with Gasteiger partial charge >= 0.3 is 0 Å². The van der Waals surface area contributed by atoms with Gasteiger partial charge in [0.25, 0.3) is 0 Å². The van der Waals surface area contributed by atoms with Crippen molar-refractivity contribution in [1.82, 2.24) is 14.5 Å². The molecule has 0 spiro atoms. The highest BCUT2D eigenvalue weighted by atomic mass is 16.2. The maximum atomic E-state index is 11.4. The van der Waals surface area contributed by atoms with Gasteiger partial charge in [-0.05, 0) is 24.5 Å². The van der Waals surface area contributed by atoms with Gasteiger partial charge in [0.05, 0.1) is 17.6 Å². The SMILES string of the molecule is CC(=O)N(C)Cc1nc2ccccc2n1CCC(C)C. The van der Waals surface area contributed by atoms with Gasteiger partial charge in [0.1, 0.15) is 5.82 Å². The van der Waals surface area contributed by atoms with Crippen LogP contribution in [0.25, 0.3) is 11.0 Å². The lowest BCUT2D eigenvalue weighted by molar-refractivity contribution is -0.128. The van der Waals surface area contributed by atoms with Crippen molar-refractivity contribution < 1.29 is 4.79 Å². The number of aromatic nitrogens is 2. The molecule has 4 nitrogen and oxygen atoms in total. The minimum absolute atomic E-state index is 0.0625. The van der Waals surface area contributed by atoms with Crippen LogP contribution in [0.2, 0.25) is 0 Å². The number of imidazole rings is 1. The van der Waals surface area contributed by atoms with Gasteiger partial charge in [0.15, 0.2) is 0 Å². The summed E-state index contributed by atoms with van der Waals surface area (Å²) in [6, 6.07) is 8.16. The monoisotopic (exact) mass is 273 g/mol. The number of para-hydroxylation sites is 2. The molecule has 0 atom stereocenters. The van der Waals surface area contributed by atoms with Crippen LogP contribution < -0.4 is 0 Å². The summed E-state index contributed by atoms with van der Waals surface area (Å²) in [5, 5.41) is 0. The lowest BCUT2D eigenvalue weighted by Crippen LogP contribution is -2.25. The minimum Gasteiger partial charge on any atom is -0.339 e. The molecular weight excluding hydrogens is 250 g/mol. The molecule has 0 bridgehead atoms. The Morgan fingerprint density at radius 3 is 2.70 bits per heavy atom. The molecule has 4 heteroatoms. The number of benzene rings is 1. The topological polar surface area (TPSA) is 38.1 Å². The third-order valence-electron chi connectivity index (χ3n) is 3.58. The van der Waals surface area contributed by atoms with Crippen LogP contribution in [0.15, 0.2) is 24.3 Å². The molecule has 1 amide bonds. The Hall–Kier alpha value is -1.84. The molecular formula is C16H23N3O. The van der Waals surface area contributed by atoms with E-state index in [0.717, 1.165) is 29.8 Å². The molecule has 1 aromatic heterocycles. The Morgan fingerprint density at radius 1 is 1.35 bits per heavy atom. The Morgan fingerprint density at radius 2 is 2.05 bits per heavy atom. The molecule has 108 valence electrons. The van der Waals surface area contributed by atoms with Crippen molar-refractivity contribution in [1.29, 1.82) is 0 Å². The van der Waals surface area contributed by atoms with E-state index in [4.69, 9.17) is 0 Å². The van der Waals surface area contributed by atoms with Crippen molar-refractivity contribution in [2.45, 2.75) is 40.3 Å². The number of fused-ring (bicyclic) bond motifs is 1. The molecule has 0 unspecified atom stereocenters. The molecule has 0 saturated carbocycles. The number of nitrogens with zero attached hydrogens (tertiary/aromatic N) is 3. The van der Waals surface area contributed by atoms with E-state index < -0.39 is 0 Å². The van der Waals surface area contributed by atoms with E-state index in [-0.39, 0.29) is 5.91 Å². The zero-order valence-electron chi connectivity index (χ0n) is 12.8. The van der Waals surface area contributed by atoms with Crippen molar-refractivity contribution in [2.75, 3.05) is 7.05 Å². The van der Waals surface area contributed by atoms with Gasteiger partial charge in [-0.1, -0.05) is 26.0 Å². The smallest absolute Gasteiger partial charge is 0.219 e. The van der Waals surface area contributed by atoms with E-state index in [0.29, 0.717) is 12.5 Å². The third kappa shape index (κ3) is 3.18. The van der Waals surface area contributed by atoms with Gasteiger partial charge in [0.2, 0.25) is 5.91 Å². The standard InChI is InChI=1S/C16H23N3O/c1-12(2)9-10-19-15-8-6-5-7-14(15)17-16(19)11-18(4)13(3)20/h5-8,12H,9-11H2,1-4H3. The van der Waals surface area contributed by atoms with E-state index >= 15 is 0 Å². The van der Waals surface area contributed by atoms with Crippen LogP contribution in [0.5, 0.6) is 0 Å². The van der Waals surface area contributed by atoms with Crippen LogP contribution in [0.4, 0.5) is 0 Å². The van der Waals surface area contributed by atoms with E-state index in [1.165, 1.54) is 0 Å². The maximum absolute atomic E-state index is 11.4. The number of amides is 1. The van der Waals surface area contributed by atoms with E-state index in [2.05, 4.69) is 29.5 Å². The van der Waals surface area contributed by atoms with Gasteiger partial charge in [-0.15, -0.1) is 0 Å². The molecule has 2 rings (SSSR count). The van der Waals surface area contributed by atoms with Crippen LogP contribution in [-0.2, 0) is 17.9 Å². The minimum atomic E-state index is 0.0625. The van der Waals surface area contributed by atoms with E-state index in [1.54, 1.807) is 11.8 Å². The van der Waals surface area contributed by atoms with Crippen molar-refractivity contribution in [2.24, 2.45) is 5.92 Å². The average Bonchev–Trinajstić information content (AvgIpc) is 2.73. The molecule has 0 N–H and O–H groups in total. The number of carbonyl (C=O) groups is 1. The lowest BCUT2D eigenvalue weighted by atomic mass is 10.1. The molecule has 0 aliphatic heterocycles. The summed E-state index contributed by atoms with van der Waals surface area (Å²) in [5.74, 6) is 1.67. The van der Waals surface area contributed by atoms with E-state index in [1.807, 2.05) is 25.2 Å². The Bertz CT molecular complexity index is 601. The zero-order chi connectivity index (χ0) is 14.7. The largest absolute Gasteiger partial charge is 0.339 e. The molecule has 0 radical (unpaired) electrons. The van der Waals surface area contributed by atoms with Crippen LogP contribution in [0, 0.1) is 5.92 Å². The summed E-state index contributed by atoms with van der Waals surface area (Å²) < 4.78 is 2.24. The molecule has 1 heterocycles. The molecule has 2 aromatic rings. The summed E-state index contributed by atoms with van der Waals surface area (Å²) in [5.41, 5.74) is 2.16. The fourth-order valence-corrected chi connectivity index (χ4v) is 2.21. The fourth-order valence-electron chi connectivity index (χ4n) is 2.21. The highest BCUT2D eigenvalue weighted by Crippen LogP contribution is 2.18. The molecule has 0 saturated heterocycles. The number of aryl methyl sites for hydroxylation is 1. The average molecular weight is 273 g/mol. The summed E-state index contributed by atoms with van der Waals surface area (Å²) in [6.07, 6.45) is 1.11. The van der Waals surface area contributed by atoms with Crippen molar-refractivity contribution >= 4 is 16.9 Å². The number of rotatable bonds is 5. The number of carbonyl (C=O) groups excluding carboxylic acids is 1.